The standard InChI is InChI=1S/C10H20N2.C3H8/c1-2-9-4-3-5-10-8-11-6-7-12(9)10;1-3-2/h9-11H,2-8H2,1H3;3H2,1-2H3. The van der Waals surface area contributed by atoms with Crippen molar-refractivity contribution in [1.82, 2.24) is 10.2 Å². The summed E-state index contributed by atoms with van der Waals surface area (Å²) in [7, 11) is 0. The summed E-state index contributed by atoms with van der Waals surface area (Å²) in [5, 5.41) is 3.49. The molecule has 90 valence electrons. The zero-order chi connectivity index (χ0) is 11.1. The molecule has 2 heterocycles. The molecule has 2 unspecified atom stereocenters. The van der Waals surface area contributed by atoms with E-state index in [9.17, 15) is 0 Å². The highest BCUT2D eigenvalue weighted by Gasteiger charge is 2.30. The van der Waals surface area contributed by atoms with E-state index >= 15 is 0 Å². The number of fused-ring (bicyclic) bond motifs is 1. The summed E-state index contributed by atoms with van der Waals surface area (Å²) in [6.07, 6.45) is 6.90. The first-order chi connectivity index (χ1) is 7.33. The molecular weight excluding hydrogens is 184 g/mol. The Hall–Kier alpha value is -0.0800. The highest BCUT2D eigenvalue weighted by atomic mass is 15.2. The monoisotopic (exact) mass is 212 g/mol. The molecule has 2 aliphatic heterocycles. The third kappa shape index (κ3) is 3.76. The first kappa shape index (κ1) is 13.0. The lowest BCUT2D eigenvalue weighted by atomic mass is 9.93. The van der Waals surface area contributed by atoms with E-state index in [-0.39, 0.29) is 0 Å². The lowest BCUT2D eigenvalue weighted by Crippen LogP contribution is -2.56. The van der Waals surface area contributed by atoms with Crippen molar-refractivity contribution in [3.8, 4) is 0 Å². The topological polar surface area (TPSA) is 15.3 Å². The number of hydrogen-bond acceptors (Lipinski definition) is 2. The zero-order valence-electron chi connectivity index (χ0n) is 10.8. The van der Waals surface area contributed by atoms with E-state index in [4.69, 9.17) is 0 Å². The maximum Gasteiger partial charge on any atom is 0.0224 e. The van der Waals surface area contributed by atoms with Crippen LogP contribution in [-0.2, 0) is 0 Å². The van der Waals surface area contributed by atoms with Gasteiger partial charge < -0.3 is 5.32 Å². The van der Waals surface area contributed by atoms with Crippen LogP contribution in [0.5, 0.6) is 0 Å². The van der Waals surface area contributed by atoms with E-state index in [1.165, 1.54) is 51.7 Å². The second-order valence-corrected chi connectivity index (χ2v) is 4.80. The molecule has 2 fully saturated rings. The molecule has 15 heavy (non-hydrogen) atoms. The minimum absolute atomic E-state index is 0.859. The Morgan fingerprint density at radius 2 is 1.93 bits per heavy atom. The Kier molecular flexibility index (Phi) is 6.26. The van der Waals surface area contributed by atoms with Crippen molar-refractivity contribution in [3.63, 3.8) is 0 Å². The molecule has 0 radical (unpaired) electrons. The lowest BCUT2D eigenvalue weighted by molar-refractivity contribution is 0.0604. The summed E-state index contributed by atoms with van der Waals surface area (Å²) >= 11 is 0. The van der Waals surface area contributed by atoms with Gasteiger partial charge in [0.2, 0.25) is 0 Å². The van der Waals surface area contributed by atoms with Crippen LogP contribution in [0.4, 0.5) is 0 Å². The van der Waals surface area contributed by atoms with Crippen LogP contribution in [-0.4, -0.2) is 36.6 Å². The summed E-state index contributed by atoms with van der Waals surface area (Å²) < 4.78 is 0. The molecular formula is C13H28N2. The van der Waals surface area contributed by atoms with Gasteiger partial charge in [0.25, 0.3) is 0 Å². The van der Waals surface area contributed by atoms with Crippen molar-refractivity contribution in [2.75, 3.05) is 19.6 Å². The smallest absolute Gasteiger partial charge is 0.0224 e. The molecule has 2 aliphatic rings. The van der Waals surface area contributed by atoms with Gasteiger partial charge in [0, 0.05) is 31.7 Å². The van der Waals surface area contributed by atoms with Gasteiger partial charge in [-0.1, -0.05) is 33.6 Å². The number of nitrogens with one attached hydrogen (secondary N) is 1. The summed E-state index contributed by atoms with van der Waals surface area (Å²) in [4.78, 5) is 2.74. The van der Waals surface area contributed by atoms with Crippen molar-refractivity contribution >= 4 is 0 Å². The molecule has 2 nitrogen and oxygen atoms in total. The fourth-order valence-corrected chi connectivity index (χ4v) is 2.72. The summed E-state index contributed by atoms with van der Waals surface area (Å²) in [6.45, 7) is 10.3. The maximum absolute atomic E-state index is 3.49. The predicted octanol–water partition coefficient (Wildman–Crippen LogP) is 2.64. The minimum atomic E-state index is 0.859. The van der Waals surface area contributed by atoms with Crippen LogP contribution in [0.25, 0.3) is 0 Å². The van der Waals surface area contributed by atoms with Gasteiger partial charge in [-0.25, -0.2) is 0 Å². The first-order valence-electron chi connectivity index (χ1n) is 6.79. The number of rotatable bonds is 1. The molecule has 2 atom stereocenters. The average Bonchev–Trinajstić information content (AvgIpc) is 2.29. The number of piperazine rings is 1. The second-order valence-electron chi connectivity index (χ2n) is 4.80. The van der Waals surface area contributed by atoms with Crippen LogP contribution in [0.3, 0.4) is 0 Å². The molecule has 0 aromatic rings. The van der Waals surface area contributed by atoms with E-state index in [0.29, 0.717) is 0 Å². The van der Waals surface area contributed by atoms with Crippen molar-refractivity contribution in [3.05, 3.63) is 0 Å². The molecule has 0 aromatic heterocycles. The van der Waals surface area contributed by atoms with E-state index in [1.807, 2.05) is 0 Å². The van der Waals surface area contributed by atoms with Crippen molar-refractivity contribution < 1.29 is 0 Å². The van der Waals surface area contributed by atoms with E-state index in [0.717, 1.165) is 12.1 Å². The minimum Gasteiger partial charge on any atom is -0.314 e. The molecule has 1 N–H and O–H groups in total. The van der Waals surface area contributed by atoms with Crippen LogP contribution in [0.15, 0.2) is 0 Å². The molecule has 0 saturated carbocycles. The van der Waals surface area contributed by atoms with Crippen LogP contribution in [0.2, 0.25) is 0 Å². The van der Waals surface area contributed by atoms with Crippen LogP contribution >= 0.6 is 0 Å². The van der Waals surface area contributed by atoms with E-state index in [1.54, 1.807) is 0 Å². The highest BCUT2D eigenvalue weighted by molar-refractivity contribution is 4.88. The summed E-state index contributed by atoms with van der Waals surface area (Å²) in [5.41, 5.74) is 0. The predicted molar refractivity (Wildman–Crippen MR) is 67.3 cm³/mol. The second kappa shape index (κ2) is 7.24. The van der Waals surface area contributed by atoms with Crippen molar-refractivity contribution in [1.29, 1.82) is 0 Å². The molecule has 0 spiro atoms. The van der Waals surface area contributed by atoms with Gasteiger partial charge in [0.1, 0.15) is 0 Å². The van der Waals surface area contributed by atoms with Gasteiger partial charge in [0.05, 0.1) is 0 Å². The van der Waals surface area contributed by atoms with Gasteiger partial charge in [-0.3, -0.25) is 4.90 Å². The molecule has 2 heteroatoms. The molecule has 2 saturated heterocycles. The number of hydrogen-bond donors (Lipinski definition) is 1. The van der Waals surface area contributed by atoms with E-state index < -0.39 is 0 Å². The van der Waals surface area contributed by atoms with Gasteiger partial charge in [-0.2, -0.15) is 0 Å². The zero-order valence-corrected chi connectivity index (χ0v) is 10.8. The maximum atomic E-state index is 3.49. The SMILES string of the molecule is CCC.CCC1CCCC2CNCCN12. The Balaban J connectivity index is 0.000000337. The Labute approximate surface area is 95.4 Å². The Morgan fingerprint density at radius 3 is 2.60 bits per heavy atom. The van der Waals surface area contributed by atoms with Gasteiger partial charge in [-0.05, 0) is 19.3 Å². The quantitative estimate of drug-likeness (QED) is 0.719. The van der Waals surface area contributed by atoms with Gasteiger partial charge >= 0.3 is 0 Å². The van der Waals surface area contributed by atoms with E-state index in [2.05, 4.69) is 31.0 Å². The lowest BCUT2D eigenvalue weighted by Gasteiger charge is -2.45. The normalized spacial score (nSPS) is 31.4. The number of nitrogens with zero attached hydrogens (tertiary/aromatic N) is 1. The molecule has 0 bridgehead atoms. The van der Waals surface area contributed by atoms with Crippen LogP contribution in [0, 0.1) is 0 Å². The van der Waals surface area contributed by atoms with Crippen LogP contribution < -0.4 is 5.32 Å². The Morgan fingerprint density at radius 1 is 1.20 bits per heavy atom. The number of piperidine rings is 1. The van der Waals surface area contributed by atoms with Crippen molar-refractivity contribution in [2.24, 2.45) is 0 Å². The van der Waals surface area contributed by atoms with Crippen LogP contribution in [0.1, 0.15) is 52.9 Å². The largest absolute Gasteiger partial charge is 0.314 e. The highest BCUT2D eigenvalue weighted by Crippen LogP contribution is 2.25. The average molecular weight is 212 g/mol. The fraction of sp³-hybridized carbons (Fsp3) is 1.00. The molecule has 2 rings (SSSR count). The third-order valence-electron chi connectivity index (χ3n) is 3.41. The third-order valence-corrected chi connectivity index (χ3v) is 3.41. The molecule has 0 aromatic carbocycles. The first-order valence-corrected chi connectivity index (χ1v) is 6.79. The van der Waals surface area contributed by atoms with Gasteiger partial charge in [-0.15, -0.1) is 0 Å². The summed E-state index contributed by atoms with van der Waals surface area (Å²) in [6, 6.07) is 1.75. The fourth-order valence-electron chi connectivity index (χ4n) is 2.72. The summed E-state index contributed by atoms with van der Waals surface area (Å²) in [5.74, 6) is 0. The Bertz CT molecular complexity index is 150. The molecule has 0 aliphatic carbocycles. The molecule has 0 amide bonds. The van der Waals surface area contributed by atoms with Gasteiger partial charge in [0.15, 0.2) is 0 Å². The van der Waals surface area contributed by atoms with Crippen molar-refractivity contribution in [2.45, 2.75) is 65.0 Å².